The highest BCUT2D eigenvalue weighted by Gasteiger charge is 2.50. The van der Waals surface area contributed by atoms with Gasteiger partial charge in [0.15, 0.2) is 6.29 Å². The van der Waals surface area contributed by atoms with Gasteiger partial charge in [-0.25, -0.2) is 0 Å². The molecule has 0 spiro atoms. The predicted octanol–water partition coefficient (Wildman–Crippen LogP) is 4.26. The number of hydrogen-bond acceptors (Lipinski definition) is 5. The number of benzene rings is 1. The third kappa shape index (κ3) is 4.66. The predicted molar refractivity (Wildman–Crippen MR) is 102 cm³/mol. The molecule has 1 aromatic rings. The SMILES string of the molecule is CCOC(OCC)c1ccc(CCB2OC(C)(C)C(C)(C)O2)c(C#N)c1. The molecule has 0 atom stereocenters. The Labute approximate surface area is 157 Å². The summed E-state index contributed by atoms with van der Waals surface area (Å²) in [7, 11) is -0.259. The molecule has 1 heterocycles. The van der Waals surface area contributed by atoms with Crippen LogP contribution in [0.15, 0.2) is 18.2 Å². The lowest BCUT2D eigenvalue weighted by Crippen LogP contribution is -2.41. The van der Waals surface area contributed by atoms with Crippen molar-refractivity contribution in [1.82, 2.24) is 0 Å². The van der Waals surface area contributed by atoms with Gasteiger partial charge in [-0.1, -0.05) is 12.1 Å². The molecule has 1 aromatic carbocycles. The highest BCUT2D eigenvalue weighted by atomic mass is 16.7. The van der Waals surface area contributed by atoms with E-state index in [2.05, 4.69) is 6.07 Å². The largest absolute Gasteiger partial charge is 0.458 e. The monoisotopic (exact) mass is 359 g/mol. The van der Waals surface area contributed by atoms with Crippen LogP contribution in [0, 0.1) is 11.3 Å². The van der Waals surface area contributed by atoms with Gasteiger partial charge in [0.25, 0.3) is 0 Å². The summed E-state index contributed by atoms with van der Waals surface area (Å²) < 4.78 is 23.3. The van der Waals surface area contributed by atoms with Crippen LogP contribution in [-0.2, 0) is 25.2 Å². The Balaban J connectivity index is 2.08. The molecule has 1 saturated heterocycles. The molecule has 6 heteroatoms. The summed E-state index contributed by atoms with van der Waals surface area (Å²) in [5.74, 6) is 0. The van der Waals surface area contributed by atoms with Crippen LogP contribution in [0.3, 0.4) is 0 Å². The van der Waals surface area contributed by atoms with Crippen LogP contribution in [0.5, 0.6) is 0 Å². The number of aryl methyl sites for hydroxylation is 1. The van der Waals surface area contributed by atoms with Crippen LogP contribution in [0.25, 0.3) is 0 Å². The van der Waals surface area contributed by atoms with E-state index in [0.717, 1.165) is 11.1 Å². The Morgan fingerprint density at radius 2 is 1.65 bits per heavy atom. The van der Waals surface area contributed by atoms with E-state index in [9.17, 15) is 5.26 Å². The van der Waals surface area contributed by atoms with Crippen LogP contribution in [-0.4, -0.2) is 31.5 Å². The van der Waals surface area contributed by atoms with Crippen LogP contribution in [0.1, 0.15) is 64.5 Å². The van der Waals surface area contributed by atoms with Gasteiger partial charge >= 0.3 is 7.12 Å². The molecule has 0 bridgehead atoms. The zero-order valence-corrected chi connectivity index (χ0v) is 16.8. The van der Waals surface area contributed by atoms with Crippen molar-refractivity contribution in [3.05, 3.63) is 34.9 Å². The molecule has 0 amide bonds. The molecule has 0 unspecified atom stereocenters. The first-order chi connectivity index (χ1) is 12.2. The van der Waals surface area contributed by atoms with Gasteiger partial charge in [0.2, 0.25) is 0 Å². The Kier molecular flexibility index (Phi) is 6.87. The second kappa shape index (κ2) is 8.54. The second-order valence-corrected chi connectivity index (χ2v) is 7.50. The smallest absolute Gasteiger partial charge is 0.403 e. The highest BCUT2D eigenvalue weighted by molar-refractivity contribution is 6.45. The normalized spacial score (nSPS) is 18.3. The molecule has 1 aliphatic heterocycles. The van der Waals surface area contributed by atoms with Gasteiger partial charge in [0.05, 0.1) is 22.8 Å². The van der Waals surface area contributed by atoms with E-state index in [1.807, 2.05) is 59.7 Å². The van der Waals surface area contributed by atoms with Gasteiger partial charge in [0.1, 0.15) is 0 Å². The fraction of sp³-hybridized carbons (Fsp3) is 0.650. The van der Waals surface area contributed by atoms with E-state index < -0.39 is 6.29 Å². The number of hydrogen-bond donors (Lipinski definition) is 0. The van der Waals surface area contributed by atoms with Crippen molar-refractivity contribution in [3.8, 4) is 6.07 Å². The van der Waals surface area contributed by atoms with E-state index in [-0.39, 0.29) is 18.3 Å². The van der Waals surface area contributed by atoms with Crippen molar-refractivity contribution in [2.45, 2.75) is 71.8 Å². The van der Waals surface area contributed by atoms with Crippen LogP contribution < -0.4 is 0 Å². The Bertz CT molecular complexity index is 632. The number of nitriles is 1. The summed E-state index contributed by atoms with van der Waals surface area (Å²) in [5.41, 5.74) is 1.83. The lowest BCUT2D eigenvalue weighted by atomic mass is 9.80. The Morgan fingerprint density at radius 3 is 2.15 bits per heavy atom. The molecule has 0 aliphatic carbocycles. The molecular weight excluding hydrogens is 329 g/mol. The van der Waals surface area contributed by atoms with E-state index in [0.29, 0.717) is 31.5 Å². The van der Waals surface area contributed by atoms with Crippen LogP contribution in [0.4, 0.5) is 0 Å². The molecule has 2 rings (SSSR count). The van der Waals surface area contributed by atoms with E-state index in [1.165, 1.54) is 0 Å². The minimum Gasteiger partial charge on any atom is -0.403 e. The Hall–Kier alpha value is -1.39. The van der Waals surface area contributed by atoms with Gasteiger partial charge in [-0.3, -0.25) is 0 Å². The van der Waals surface area contributed by atoms with Crippen molar-refractivity contribution in [2.24, 2.45) is 0 Å². The standard InChI is InChI=1S/C20H30BNO4/c1-7-23-18(24-8-2)16-10-9-15(17(13-16)14-22)11-12-21-25-19(3,4)20(5,6)26-21/h9-10,13,18H,7-8,11-12H2,1-6H3. The molecule has 1 aliphatic rings. The Morgan fingerprint density at radius 1 is 1.08 bits per heavy atom. The minimum absolute atomic E-state index is 0.259. The third-order valence-electron chi connectivity index (χ3n) is 5.11. The number of ether oxygens (including phenoxy) is 2. The molecule has 0 radical (unpaired) electrons. The van der Waals surface area contributed by atoms with Gasteiger partial charge in [-0.15, -0.1) is 0 Å². The van der Waals surface area contributed by atoms with Gasteiger partial charge < -0.3 is 18.8 Å². The van der Waals surface area contributed by atoms with Gasteiger partial charge in [-0.05, 0) is 65.9 Å². The molecule has 5 nitrogen and oxygen atoms in total. The first kappa shape index (κ1) is 20.9. The van der Waals surface area contributed by atoms with Crippen molar-refractivity contribution >= 4 is 7.12 Å². The molecule has 0 aromatic heterocycles. The van der Waals surface area contributed by atoms with E-state index in [4.69, 9.17) is 18.8 Å². The minimum atomic E-state index is -0.436. The highest BCUT2D eigenvalue weighted by Crippen LogP contribution is 2.38. The maximum atomic E-state index is 9.55. The van der Waals surface area contributed by atoms with Crippen LogP contribution >= 0.6 is 0 Å². The van der Waals surface area contributed by atoms with E-state index >= 15 is 0 Å². The maximum Gasteiger partial charge on any atom is 0.458 e. The molecule has 142 valence electrons. The summed E-state index contributed by atoms with van der Waals surface area (Å²) in [6.07, 6.45) is 0.990. The first-order valence-corrected chi connectivity index (χ1v) is 9.35. The number of rotatable bonds is 8. The summed E-state index contributed by atoms with van der Waals surface area (Å²) in [6.45, 7) is 13.1. The van der Waals surface area contributed by atoms with Crippen LogP contribution in [0.2, 0.25) is 6.32 Å². The maximum absolute atomic E-state index is 9.55. The van der Waals surface area contributed by atoms with Crippen molar-refractivity contribution in [1.29, 1.82) is 5.26 Å². The molecule has 26 heavy (non-hydrogen) atoms. The van der Waals surface area contributed by atoms with Crippen molar-refractivity contribution in [2.75, 3.05) is 13.2 Å². The average Bonchev–Trinajstić information content (AvgIpc) is 2.79. The lowest BCUT2D eigenvalue weighted by Gasteiger charge is -2.32. The molecule has 1 fully saturated rings. The summed E-state index contributed by atoms with van der Waals surface area (Å²) in [4.78, 5) is 0. The van der Waals surface area contributed by atoms with Crippen molar-refractivity contribution in [3.63, 3.8) is 0 Å². The second-order valence-electron chi connectivity index (χ2n) is 7.50. The lowest BCUT2D eigenvalue weighted by molar-refractivity contribution is -0.140. The first-order valence-electron chi connectivity index (χ1n) is 9.35. The molecule has 0 N–H and O–H groups in total. The zero-order valence-electron chi connectivity index (χ0n) is 16.8. The summed E-state index contributed by atoms with van der Waals surface area (Å²) >= 11 is 0. The average molecular weight is 359 g/mol. The zero-order chi connectivity index (χ0) is 19.4. The van der Waals surface area contributed by atoms with E-state index in [1.54, 1.807) is 0 Å². The molecular formula is C20H30BNO4. The number of nitrogens with zero attached hydrogens (tertiary/aromatic N) is 1. The van der Waals surface area contributed by atoms with Gasteiger partial charge in [-0.2, -0.15) is 5.26 Å². The quantitative estimate of drug-likeness (QED) is 0.513. The topological polar surface area (TPSA) is 60.7 Å². The summed E-state index contributed by atoms with van der Waals surface area (Å²) in [5, 5.41) is 9.55. The fourth-order valence-electron chi connectivity index (χ4n) is 2.96. The van der Waals surface area contributed by atoms with Gasteiger partial charge in [0, 0.05) is 18.8 Å². The van der Waals surface area contributed by atoms with Crippen molar-refractivity contribution < 1.29 is 18.8 Å². The third-order valence-corrected chi connectivity index (χ3v) is 5.11. The summed E-state index contributed by atoms with van der Waals surface area (Å²) in [6, 6.07) is 8.09. The molecule has 0 saturated carbocycles. The fourth-order valence-corrected chi connectivity index (χ4v) is 2.96.